The van der Waals surface area contributed by atoms with Gasteiger partial charge in [-0.3, -0.25) is 0 Å². The molecule has 0 saturated carbocycles. The molecule has 6 nitrogen and oxygen atoms in total. The third-order valence-electron chi connectivity index (χ3n) is 1.70. The van der Waals surface area contributed by atoms with Gasteiger partial charge in [0, 0.05) is 6.20 Å². The van der Waals surface area contributed by atoms with Crippen LogP contribution in [0.25, 0.3) is 0 Å². The Balaban J connectivity index is 3.06. The molecular weight excluding hydrogens is 220 g/mol. The second kappa shape index (κ2) is 4.37. The second-order valence-electron chi connectivity index (χ2n) is 2.58. The predicted molar refractivity (Wildman–Crippen MR) is 51.8 cm³/mol. The number of hydrogen-bond donors (Lipinski definition) is 1. The molecule has 0 amide bonds. The lowest BCUT2D eigenvalue weighted by atomic mass is 10.3. The Bertz CT molecular complexity index is 452. The van der Waals surface area contributed by atoms with Crippen molar-refractivity contribution in [3.63, 3.8) is 0 Å². The van der Waals surface area contributed by atoms with Crippen molar-refractivity contribution < 1.29 is 17.9 Å². The molecule has 0 aromatic carbocycles. The number of methoxy groups -OCH3 is 1. The monoisotopic (exact) mass is 230 g/mol. The first-order valence-electron chi connectivity index (χ1n) is 3.99. The Kier molecular flexibility index (Phi) is 3.38. The lowest BCUT2D eigenvalue weighted by Gasteiger charge is -2.02. The number of nitrogens with zero attached hydrogens (tertiary/aromatic N) is 1. The van der Waals surface area contributed by atoms with E-state index < -0.39 is 16.0 Å². The zero-order valence-electron chi connectivity index (χ0n) is 8.22. The summed E-state index contributed by atoms with van der Waals surface area (Å²) < 4.78 is 29.1. The van der Waals surface area contributed by atoms with Crippen molar-refractivity contribution in [2.45, 2.75) is 5.03 Å². The number of rotatable bonds is 3. The van der Waals surface area contributed by atoms with Gasteiger partial charge >= 0.3 is 5.97 Å². The van der Waals surface area contributed by atoms with Gasteiger partial charge in [-0.15, -0.1) is 0 Å². The number of carbonyl (C=O) groups is 1. The van der Waals surface area contributed by atoms with Crippen LogP contribution in [-0.4, -0.2) is 33.5 Å². The molecule has 0 saturated heterocycles. The van der Waals surface area contributed by atoms with Gasteiger partial charge in [0.1, 0.15) is 0 Å². The van der Waals surface area contributed by atoms with Crippen LogP contribution in [0, 0.1) is 0 Å². The Morgan fingerprint density at radius 3 is 2.53 bits per heavy atom. The molecular formula is C8H10N2O4S. The van der Waals surface area contributed by atoms with Gasteiger partial charge in [0.05, 0.1) is 12.7 Å². The minimum Gasteiger partial charge on any atom is -0.465 e. The van der Waals surface area contributed by atoms with Crippen LogP contribution in [0.4, 0.5) is 0 Å². The third kappa shape index (κ3) is 2.51. The second-order valence-corrected chi connectivity index (χ2v) is 4.42. The molecule has 1 aromatic heterocycles. The quantitative estimate of drug-likeness (QED) is 0.725. The average molecular weight is 230 g/mol. The van der Waals surface area contributed by atoms with Gasteiger partial charge < -0.3 is 4.74 Å². The highest BCUT2D eigenvalue weighted by atomic mass is 32.2. The molecule has 0 aliphatic heterocycles. The molecule has 1 aromatic rings. The number of ether oxygens (including phenoxy) is 1. The molecule has 82 valence electrons. The molecule has 0 fully saturated rings. The molecule has 0 radical (unpaired) electrons. The standard InChI is InChI=1S/C8H10N2O4S/c1-9-15(12,13)7-4-3-6(5-10-7)8(11)14-2/h3-5,9H,1-2H3. The molecule has 0 aliphatic carbocycles. The number of nitrogens with one attached hydrogen (secondary N) is 1. The van der Waals surface area contributed by atoms with Crippen molar-refractivity contribution >= 4 is 16.0 Å². The number of esters is 1. The topological polar surface area (TPSA) is 85.4 Å². The van der Waals surface area contributed by atoms with E-state index >= 15 is 0 Å². The molecule has 0 bridgehead atoms. The number of aromatic nitrogens is 1. The normalized spacial score (nSPS) is 11.1. The van der Waals surface area contributed by atoms with Crippen molar-refractivity contribution in [3.05, 3.63) is 23.9 Å². The van der Waals surface area contributed by atoms with E-state index in [1.807, 2.05) is 0 Å². The van der Waals surface area contributed by atoms with Gasteiger partial charge in [-0.1, -0.05) is 0 Å². The highest BCUT2D eigenvalue weighted by molar-refractivity contribution is 7.89. The Morgan fingerprint density at radius 1 is 1.47 bits per heavy atom. The lowest BCUT2D eigenvalue weighted by molar-refractivity contribution is 0.0600. The van der Waals surface area contributed by atoms with E-state index in [-0.39, 0.29) is 10.6 Å². The number of sulfonamides is 1. The first-order valence-corrected chi connectivity index (χ1v) is 5.47. The van der Waals surface area contributed by atoms with Crippen LogP contribution < -0.4 is 4.72 Å². The van der Waals surface area contributed by atoms with E-state index in [0.717, 1.165) is 6.20 Å². The number of carbonyl (C=O) groups excluding carboxylic acids is 1. The van der Waals surface area contributed by atoms with Crippen LogP contribution in [0.2, 0.25) is 0 Å². The Hall–Kier alpha value is -1.47. The largest absolute Gasteiger partial charge is 0.465 e. The summed E-state index contributed by atoms with van der Waals surface area (Å²) in [7, 11) is -1.04. The highest BCUT2D eigenvalue weighted by Crippen LogP contribution is 2.06. The van der Waals surface area contributed by atoms with Gasteiger partial charge in [-0.2, -0.15) is 0 Å². The van der Waals surface area contributed by atoms with Crippen molar-refractivity contribution in [3.8, 4) is 0 Å². The zero-order valence-corrected chi connectivity index (χ0v) is 9.04. The summed E-state index contributed by atoms with van der Waals surface area (Å²) in [5.41, 5.74) is 0.201. The molecule has 1 heterocycles. The molecule has 0 atom stereocenters. The van der Waals surface area contributed by atoms with Crippen LogP contribution in [0.15, 0.2) is 23.4 Å². The fraction of sp³-hybridized carbons (Fsp3) is 0.250. The summed E-state index contributed by atoms with van der Waals surface area (Å²) in [6.45, 7) is 0. The first kappa shape index (κ1) is 11.6. The van der Waals surface area contributed by atoms with Gasteiger partial charge in [0.15, 0.2) is 5.03 Å². The smallest absolute Gasteiger partial charge is 0.339 e. The molecule has 0 aliphatic rings. The van der Waals surface area contributed by atoms with Gasteiger partial charge in [-0.25, -0.2) is 22.9 Å². The maximum atomic E-state index is 11.3. The van der Waals surface area contributed by atoms with Crippen molar-refractivity contribution in [2.75, 3.05) is 14.2 Å². The zero-order chi connectivity index (χ0) is 11.5. The SMILES string of the molecule is CNS(=O)(=O)c1ccc(C(=O)OC)cn1. The lowest BCUT2D eigenvalue weighted by Crippen LogP contribution is -2.20. The molecule has 1 rings (SSSR count). The molecule has 1 N–H and O–H groups in total. The summed E-state index contributed by atoms with van der Waals surface area (Å²) in [5.74, 6) is -0.559. The minimum absolute atomic E-state index is 0.141. The highest BCUT2D eigenvalue weighted by Gasteiger charge is 2.14. The minimum atomic E-state index is -3.56. The predicted octanol–water partition coefficient (Wildman–Crippen LogP) is -0.224. The molecule has 0 unspecified atom stereocenters. The van der Waals surface area contributed by atoms with E-state index in [0.29, 0.717) is 0 Å². The maximum Gasteiger partial charge on any atom is 0.339 e. The van der Waals surface area contributed by atoms with Crippen LogP contribution in [0.3, 0.4) is 0 Å². The first-order chi connectivity index (χ1) is 7.01. The fourth-order valence-corrected chi connectivity index (χ4v) is 1.53. The summed E-state index contributed by atoms with van der Waals surface area (Å²) >= 11 is 0. The van der Waals surface area contributed by atoms with E-state index in [1.54, 1.807) is 0 Å². The van der Waals surface area contributed by atoms with E-state index in [9.17, 15) is 13.2 Å². The summed E-state index contributed by atoms with van der Waals surface area (Å²) in [4.78, 5) is 14.7. The van der Waals surface area contributed by atoms with Crippen molar-refractivity contribution in [1.82, 2.24) is 9.71 Å². The Labute approximate surface area is 87.3 Å². The van der Waals surface area contributed by atoms with Crippen LogP contribution in [0.5, 0.6) is 0 Å². The van der Waals surface area contributed by atoms with E-state index in [1.165, 1.54) is 26.3 Å². The van der Waals surface area contributed by atoms with Crippen molar-refractivity contribution in [2.24, 2.45) is 0 Å². The van der Waals surface area contributed by atoms with Gasteiger partial charge in [0.25, 0.3) is 10.0 Å². The van der Waals surface area contributed by atoms with E-state index in [2.05, 4.69) is 14.4 Å². The molecule has 15 heavy (non-hydrogen) atoms. The van der Waals surface area contributed by atoms with Gasteiger partial charge in [0.2, 0.25) is 0 Å². The summed E-state index contributed by atoms with van der Waals surface area (Å²) in [5, 5.41) is -0.141. The summed E-state index contributed by atoms with van der Waals surface area (Å²) in [6.07, 6.45) is 1.15. The molecule has 7 heteroatoms. The van der Waals surface area contributed by atoms with Crippen LogP contribution in [-0.2, 0) is 14.8 Å². The maximum absolute atomic E-state index is 11.3. The fourth-order valence-electron chi connectivity index (χ4n) is 0.882. The average Bonchev–Trinajstić information content (AvgIpc) is 2.28. The number of hydrogen-bond acceptors (Lipinski definition) is 5. The summed E-state index contributed by atoms with van der Waals surface area (Å²) in [6, 6.07) is 2.57. The molecule has 0 spiro atoms. The van der Waals surface area contributed by atoms with Gasteiger partial charge in [-0.05, 0) is 19.2 Å². The van der Waals surface area contributed by atoms with Crippen molar-refractivity contribution in [1.29, 1.82) is 0 Å². The van der Waals surface area contributed by atoms with E-state index in [4.69, 9.17) is 0 Å². The third-order valence-corrected chi connectivity index (χ3v) is 3.03. The van der Waals surface area contributed by atoms with Crippen LogP contribution >= 0.6 is 0 Å². The number of pyridine rings is 1. The van der Waals surface area contributed by atoms with Crippen LogP contribution in [0.1, 0.15) is 10.4 Å². The Morgan fingerprint density at radius 2 is 2.13 bits per heavy atom.